The number of hydrogen-bond donors (Lipinski definition) is 0. The topological polar surface area (TPSA) is 56.5 Å². The van der Waals surface area contributed by atoms with Gasteiger partial charge in [-0.1, -0.05) is 34.8 Å². The van der Waals surface area contributed by atoms with Gasteiger partial charge >= 0.3 is 0 Å². The molecule has 1 aliphatic rings. The van der Waals surface area contributed by atoms with E-state index in [4.69, 9.17) is 40.1 Å². The van der Waals surface area contributed by atoms with Gasteiger partial charge in [0.1, 0.15) is 17.5 Å². The Kier molecular flexibility index (Phi) is 3.25. The van der Waals surface area contributed by atoms with Crippen LogP contribution in [-0.4, -0.2) is 11.6 Å². The van der Waals surface area contributed by atoms with Crippen molar-refractivity contribution in [3.8, 4) is 6.07 Å². The highest BCUT2D eigenvalue weighted by Crippen LogP contribution is 2.38. The molecule has 86 valence electrons. The zero-order valence-corrected chi connectivity index (χ0v) is 10.5. The van der Waals surface area contributed by atoms with Crippen LogP contribution in [0.5, 0.6) is 0 Å². The van der Waals surface area contributed by atoms with Gasteiger partial charge in [-0.2, -0.15) is 15.4 Å². The second-order valence-electron chi connectivity index (χ2n) is 3.26. The van der Waals surface area contributed by atoms with Crippen LogP contribution in [0.25, 0.3) is 0 Å². The first kappa shape index (κ1) is 12.2. The van der Waals surface area contributed by atoms with Gasteiger partial charge in [-0.15, -0.1) is 0 Å². The number of benzene rings is 1. The minimum Gasteiger partial charge on any atom is -0.272 e. The average Bonchev–Trinajstić information content (AvgIpc) is 2.59. The van der Waals surface area contributed by atoms with Crippen LogP contribution in [0.2, 0.25) is 15.1 Å². The quantitative estimate of drug-likeness (QED) is 0.796. The van der Waals surface area contributed by atoms with Crippen molar-refractivity contribution < 1.29 is 4.79 Å². The Labute approximate surface area is 112 Å². The molecule has 7 heteroatoms. The molecular formula is C10H4Cl3N3O. The fourth-order valence-electron chi connectivity index (χ4n) is 1.40. The van der Waals surface area contributed by atoms with E-state index in [0.717, 1.165) is 5.01 Å². The smallest absolute Gasteiger partial charge is 0.254 e. The summed E-state index contributed by atoms with van der Waals surface area (Å²) in [6.45, 7) is 0. The highest BCUT2D eigenvalue weighted by molar-refractivity contribution is 6.42. The highest BCUT2D eigenvalue weighted by atomic mass is 35.5. The first-order chi connectivity index (χ1) is 8.02. The Hall–Kier alpha value is -1.28. The van der Waals surface area contributed by atoms with Gasteiger partial charge in [-0.3, -0.25) is 4.79 Å². The van der Waals surface area contributed by atoms with E-state index < -0.39 is 0 Å². The zero-order valence-electron chi connectivity index (χ0n) is 8.25. The standard InChI is InChI=1S/C10H4Cl3N3O/c11-5-1-7(12)10(8(13)2-5)16-9(17)3-6(4-14)15-16/h1-2H,3H2. The molecule has 0 aliphatic carbocycles. The molecule has 0 aromatic heterocycles. The van der Waals surface area contributed by atoms with Crippen LogP contribution in [0, 0.1) is 11.3 Å². The van der Waals surface area contributed by atoms with E-state index in [2.05, 4.69) is 5.10 Å². The number of anilines is 1. The van der Waals surface area contributed by atoms with Crippen LogP contribution in [0.3, 0.4) is 0 Å². The van der Waals surface area contributed by atoms with Crippen molar-refractivity contribution in [2.75, 3.05) is 5.01 Å². The van der Waals surface area contributed by atoms with Gasteiger partial charge < -0.3 is 0 Å². The van der Waals surface area contributed by atoms with E-state index in [0.29, 0.717) is 5.02 Å². The third-order valence-electron chi connectivity index (χ3n) is 2.10. The second kappa shape index (κ2) is 4.53. The van der Waals surface area contributed by atoms with Crippen molar-refractivity contribution in [2.24, 2.45) is 5.10 Å². The Morgan fingerprint density at radius 3 is 2.35 bits per heavy atom. The third kappa shape index (κ3) is 2.22. The molecule has 0 bridgehead atoms. The molecule has 1 aliphatic heterocycles. The van der Waals surface area contributed by atoms with Gasteiger partial charge in [0, 0.05) is 5.02 Å². The molecule has 17 heavy (non-hydrogen) atoms. The van der Waals surface area contributed by atoms with Crippen molar-refractivity contribution in [1.29, 1.82) is 5.26 Å². The highest BCUT2D eigenvalue weighted by Gasteiger charge is 2.28. The van der Waals surface area contributed by atoms with Crippen molar-refractivity contribution in [1.82, 2.24) is 0 Å². The van der Waals surface area contributed by atoms with Crippen LogP contribution in [0.1, 0.15) is 6.42 Å². The van der Waals surface area contributed by atoms with Crippen molar-refractivity contribution in [3.63, 3.8) is 0 Å². The van der Waals surface area contributed by atoms with Crippen molar-refractivity contribution >= 4 is 52.1 Å². The number of amides is 1. The molecule has 0 N–H and O–H groups in total. The molecule has 0 atom stereocenters. The minimum atomic E-state index is -0.354. The lowest BCUT2D eigenvalue weighted by atomic mass is 10.2. The van der Waals surface area contributed by atoms with Crippen LogP contribution in [0.15, 0.2) is 17.2 Å². The Bertz CT molecular complexity index is 554. The summed E-state index contributed by atoms with van der Waals surface area (Å²) >= 11 is 17.7. The van der Waals surface area contributed by atoms with E-state index in [1.54, 1.807) is 0 Å². The summed E-state index contributed by atoms with van der Waals surface area (Å²) in [5, 5.41) is 14.3. The summed E-state index contributed by atoms with van der Waals surface area (Å²) in [5.74, 6) is -0.354. The summed E-state index contributed by atoms with van der Waals surface area (Å²) in [6.07, 6.45) is -0.0498. The maximum absolute atomic E-state index is 11.6. The maximum atomic E-state index is 11.6. The van der Waals surface area contributed by atoms with Gasteiger partial charge in [0.05, 0.1) is 16.5 Å². The summed E-state index contributed by atoms with van der Waals surface area (Å²) in [7, 11) is 0. The third-order valence-corrected chi connectivity index (χ3v) is 2.89. The molecule has 1 heterocycles. The SMILES string of the molecule is N#CC1=NN(c2c(Cl)cc(Cl)cc2Cl)C(=O)C1. The number of nitrogens with zero attached hydrogens (tertiary/aromatic N) is 3. The molecule has 0 saturated carbocycles. The Morgan fingerprint density at radius 2 is 1.88 bits per heavy atom. The second-order valence-corrected chi connectivity index (χ2v) is 4.51. The zero-order chi connectivity index (χ0) is 12.6. The first-order valence-electron chi connectivity index (χ1n) is 4.48. The predicted molar refractivity (Wildman–Crippen MR) is 66.6 cm³/mol. The van der Waals surface area contributed by atoms with Crippen LogP contribution in [-0.2, 0) is 4.79 Å². The Balaban J connectivity index is 2.53. The Morgan fingerprint density at radius 1 is 1.29 bits per heavy atom. The largest absolute Gasteiger partial charge is 0.272 e. The van der Waals surface area contributed by atoms with Gasteiger partial charge in [0.25, 0.3) is 5.91 Å². The van der Waals surface area contributed by atoms with E-state index in [-0.39, 0.29) is 33.8 Å². The molecule has 1 amide bonds. The number of rotatable bonds is 1. The molecule has 0 saturated heterocycles. The lowest BCUT2D eigenvalue weighted by Gasteiger charge is -2.15. The summed E-state index contributed by atoms with van der Waals surface area (Å²) in [4.78, 5) is 11.6. The lowest BCUT2D eigenvalue weighted by molar-refractivity contribution is -0.116. The number of carbonyl (C=O) groups excluding carboxylic acids is 1. The molecule has 1 aromatic carbocycles. The van der Waals surface area contributed by atoms with E-state index in [9.17, 15) is 4.79 Å². The predicted octanol–water partition coefficient (Wildman–Crippen LogP) is 3.26. The number of hydrazone groups is 1. The average molecular weight is 289 g/mol. The fraction of sp³-hybridized carbons (Fsp3) is 0.100. The van der Waals surface area contributed by atoms with Crippen LogP contribution in [0.4, 0.5) is 5.69 Å². The monoisotopic (exact) mass is 287 g/mol. The number of halogens is 3. The summed E-state index contributed by atoms with van der Waals surface area (Å²) in [5.41, 5.74) is 0.366. The molecule has 0 unspecified atom stereocenters. The molecular weight excluding hydrogens is 284 g/mol. The van der Waals surface area contributed by atoms with E-state index >= 15 is 0 Å². The number of carbonyl (C=O) groups is 1. The number of nitriles is 1. The first-order valence-corrected chi connectivity index (χ1v) is 5.61. The van der Waals surface area contributed by atoms with Gasteiger partial charge in [-0.05, 0) is 12.1 Å². The molecule has 0 fully saturated rings. The fourth-order valence-corrected chi connectivity index (χ4v) is 2.38. The van der Waals surface area contributed by atoms with E-state index in [1.807, 2.05) is 6.07 Å². The molecule has 2 rings (SSSR count). The van der Waals surface area contributed by atoms with Gasteiger partial charge in [0.2, 0.25) is 0 Å². The molecule has 0 spiro atoms. The normalized spacial score (nSPS) is 14.8. The minimum absolute atomic E-state index is 0.0498. The number of hydrogen-bond acceptors (Lipinski definition) is 3. The van der Waals surface area contributed by atoms with Crippen LogP contribution < -0.4 is 5.01 Å². The van der Waals surface area contributed by atoms with Gasteiger partial charge in [0.15, 0.2) is 0 Å². The van der Waals surface area contributed by atoms with E-state index in [1.165, 1.54) is 12.1 Å². The maximum Gasteiger partial charge on any atom is 0.254 e. The molecule has 0 radical (unpaired) electrons. The van der Waals surface area contributed by atoms with Crippen LogP contribution >= 0.6 is 34.8 Å². The molecule has 1 aromatic rings. The summed E-state index contributed by atoms with van der Waals surface area (Å²) < 4.78 is 0. The lowest BCUT2D eigenvalue weighted by Crippen LogP contribution is -2.20. The van der Waals surface area contributed by atoms with Gasteiger partial charge in [-0.25, -0.2) is 0 Å². The van der Waals surface area contributed by atoms with Crippen molar-refractivity contribution in [2.45, 2.75) is 6.42 Å². The van der Waals surface area contributed by atoms with Crippen molar-refractivity contribution in [3.05, 3.63) is 27.2 Å². The molecule has 4 nitrogen and oxygen atoms in total. The summed E-state index contributed by atoms with van der Waals surface area (Å²) in [6, 6.07) is 4.73.